The molecule has 18 heavy (non-hydrogen) atoms. The highest BCUT2D eigenvalue weighted by atomic mass is 16.1. The lowest BCUT2D eigenvalue weighted by molar-refractivity contribution is 0.0903. The average molecular weight is 243 g/mol. The molecule has 0 heterocycles. The van der Waals surface area contributed by atoms with Crippen molar-refractivity contribution in [2.75, 3.05) is 6.54 Å². The van der Waals surface area contributed by atoms with E-state index in [0.29, 0.717) is 17.7 Å². The third-order valence-electron chi connectivity index (χ3n) is 3.61. The predicted octanol–water partition coefficient (Wildman–Crippen LogP) is 1.56. The van der Waals surface area contributed by atoms with Crippen LogP contribution in [0.2, 0.25) is 0 Å². The number of carbonyl (C=O) groups is 1. The Labute approximate surface area is 107 Å². The molecule has 1 saturated carbocycles. The van der Waals surface area contributed by atoms with Gasteiger partial charge in [-0.3, -0.25) is 4.79 Å². The molecule has 0 saturated heterocycles. The summed E-state index contributed by atoms with van der Waals surface area (Å²) in [6, 6.07) is 8.68. The Morgan fingerprint density at radius 2 is 1.94 bits per heavy atom. The number of hydrogen-bond acceptors (Lipinski definition) is 3. The van der Waals surface area contributed by atoms with Gasteiger partial charge in [0.1, 0.15) is 0 Å². The van der Waals surface area contributed by atoms with Gasteiger partial charge in [-0.25, -0.2) is 0 Å². The van der Waals surface area contributed by atoms with Crippen molar-refractivity contribution in [2.24, 2.45) is 5.73 Å². The molecule has 3 N–H and O–H groups in total. The fourth-order valence-corrected chi connectivity index (χ4v) is 2.44. The second-order valence-electron chi connectivity index (χ2n) is 4.83. The molecule has 1 fully saturated rings. The van der Waals surface area contributed by atoms with E-state index in [4.69, 9.17) is 11.0 Å². The van der Waals surface area contributed by atoms with Gasteiger partial charge in [0.05, 0.1) is 17.2 Å². The highest BCUT2D eigenvalue weighted by Crippen LogP contribution is 2.28. The second-order valence-corrected chi connectivity index (χ2v) is 4.83. The first-order valence-electron chi connectivity index (χ1n) is 6.22. The van der Waals surface area contributed by atoms with Crippen molar-refractivity contribution < 1.29 is 4.79 Å². The van der Waals surface area contributed by atoms with E-state index in [1.807, 2.05) is 6.07 Å². The Balaban J connectivity index is 2.09. The number of nitrogens with zero attached hydrogens (tertiary/aromatic N) is 1. The number of carbonyl (C=O) groups excluding carboxylic acids is 1. The van der Waals surface area contributed by atoms with Crippen LogP contribution in [0, 0.1) is 11.3 Å². The summed E-state index contributed by atoms with van der Waals surface area (Å²) < 4.78 is 0. The molecule has 0 bridgehead atoms. The van der Waals surface area contributed by atoms with E-state index in [0.717, 1.165) is 25.7 Å². The molecule has 1 amide bonds. The molecular weight excluding hydrogens is 226 g/mol. The van der Waals surface area contributed by atoms with Crippen LogP contribution in [-0.2, 0) is 0 Å². The number of hydrogen-bond donors (Lipinski definition) is 2. The largest absolute Gasteiger partial charge is 0.345 e. The van der Waals surface area contributed by atoms with Crippen LogP contribution in [0.25, 0.3) is 0 Å². The quantitative estimate of drug-likeness (QED) is 0.845. The van der Waals surface area contributed by atoms with Crippen molar-refractivity contribution in [1.82, 2.24) is 5.32 Å². The summed E-state index contributed by atoms with van der Waals surface area (Å²) in [5.74, 6) is -0.105. The van der Waals surface area contributed by atoms with Gasteiger partial charge in [-0.2, -0.15) is 5.26 Å². The van der Waals surface area contributed by atoms with Crippen LogP contribution >= 0.6 is 0 Å². The zero-order chi connectivity index (χ0) is 13.0. The Morgan fingerprint density at radius 3 is 2.44 bits per heavy atom. The maximum absolute atomic E-state index is 12.1. The number of nitrogens with one attached hydrogen (secondary N) is 1. The summed E-state index contributed by atoms with van der Waals surface area (Å²) in [6.07, 6.45) is 4.13. The summed E-state index contributed by atoms with van der Waals surface area (Å²) in [6.45, 7) is 0.481. The van der Waals surface area contributed by atoms with Gasteiger partial charge in [0, 0.05) is 12.1 Å². The monoisotopic (exact) mass is 243 g/mol. The molecule has 1 aromatic rings. The van der Waals surface area contributed by atoms with E-state index >= 15 is 0 Å². The topological polar surface area (TPSA) is 78.9 Å². The van der Waals surface area contributed by atoms with Gasteiger partial charge in [0.25, 0.3) is 5.91 Å². The zero-order valence-electron chi connectivity index (χ0n) is 10.3. The van der Waals surface area contributed by atoms with E-state index in [9.17, 15) is 4.79 Å². The van der Waals surface area contributed by atoms with Crippen molar-refractivity contribution in [1.29, 1.82) is 5.26 Å². The smallest absolute Gasteiger partial charge is 0.251 e. The summed E-state index contributed by atoms with van der Waals surface area (Å²) in [7, 11) is 0. The number of nitriles is 1. The molecule has 0 aromatic heterocycles. The summed E-state index contributed by atoms with van der Waals surface area (Å²) >= 11 is 0. The third kappa shape index (κ3) is 2.52. The molecule has 0 atom stereocenters. The Hall–Kier alpha value is -1.86. The first-order valence-corrected chi connectivity index (χ1v) is 6.22. The molecule has 0 radical (unpaired) electrons. The van der Waals surface area contributed by atoms with Gasteiger partial charge < -0.3 is 11.1 Å². The van der Waals surface area contributed by atoms with Crippen molar-refractivity contribution >= 4 is 5.91 Å². The highest BCUT2D eigenvalue weighted by molar-refractivity contribution is 5.94. The first kappa shape index (κ1) is 12.6. The maximum Gasteiger partial charge on any atom is 0.251 e. The minimum absolute atomic E-state index is 0.105. The number of amides is 1. The predicted molar refractivity (Wildman–Crippen MR) is 68.9 cm³/mol. The van der Waals surface area contributed by atoms with Crippen LogP contribution < -0.4 is 11.1 Å². The Bertz CT molecular complexity index is 467. The van der Waals surface area contributed by atoms with E-state index in [-0.39, 0.29) is 11.4 Å². The fraction of sp³-hybridized carbons (Fsp3) is 0.429. The van der Waals surface area contributed by atoms with Crippen molar-refractivity contribution in [3.05, 3.63) is 35.4 Å². The van der Waals surface area contributed by atoms with Crippen molar-refractivity contribution in [3.63, 3.8) is 0 Å². The molecule has 0 unspecified atom stereocenters. The molecule has 1 aliphatic rings. The summed E-state index contributed by atoms with van der Waals surface area (Å²) in [5.41, 5.74) is 6.69. The average Bonchev–Trinajstić information content (AvgIpc) is 2.88. The van der Waals surface area contributed by atoms with E-state index < -0.39 is 0 Å². The zero-order valence-corrected chi connectivity index (χ0v) is 10.3. The highest BCUT2D eigenvalue weighted by Gasteiger charge is 2.33. The summed E-state index contributed by atoms with van der Waals surface area (Å²) in [5, 5.41) is 11.8. The number of rotatable bonds is 3. The van der Waals surface area contributed by atoms with Crippen molar-refractivity contribution in [3.8, 4) is 6.07 Å². The minimum Gasteiger partial charge on any atom is -0.345 e. The van der Waals surface area contributed by atoms with Gasteiger partial charge in [-0.05, 0) is 37.1 Å². The molecule has 1 aliphatic carbocycles. The minimum atomic E-state index is -0.231. The Morgan fingerprint density at radius 1 is 1.33 bits per heavy atom. The van der Waals surface area contributed by atoms with E-state index in [1.165, 1.54) is 0 Å². The Kier molecular flexibility index (Phi) is 3.63. The van der Waals surface area contributed by atoms with E-state index in [2.05, 4.69) is 5.32 Å². The van der Waals surface area contributed by atoms with Crippen LogP contribution in [0.1, 0.15) is 41.6 Å². The lowest BCUT2D eigenvalue weighted by atomic mass is 9.97. The van der Waals surface area contributed by atoms with Crippen LogP contribution in [0.15, 0.2) is 24.3 Å². The van der Waals surface area contributed by atoms with E-state index in [1.54, 1.807) is 24.3 Å². The molecule has 1 aromatic carbocycles. The van der Waals surface area contributed by atoms with Crippen LogP contribution in [0.3, 0.4) is 0 Å². The van der Waals surface area contributed by atoms with Crippen molar-refractivity contribution in [2.45, 2.75) is 31.2 Å². The van der Waals surface area contributed by atoms with Gasteiger partial charge >= 0.3 is 0 Å². The maximum atomic E-state index is 12.1. The van der Waals surface area contributed by atoms with Crippen LogP contribution in [-0.4, -0.2) is 18.0 Å². The van der Waals surface area contributed by atoms with Crippen LogP contribution in [0.5, 0.6) is 0 Å². The lowest BCUT2D eigenvalue weighted by Gasteiger charge is -2.28. The van der Waals surface area contributed by atoms with Gasteiger partial charge in [0.2, 0.25) is 0 Å². The first-order chi connectivity index (χ1) is 8.69. The molecule has 0 aliphatic heterocycles. The van der Waals surface area contributed by atoms with Gasteiger partial charge in [-0.15, -0.1) is 0 Å². The molecule has 0 spiro atoms. The number of nitrogens with two attached hydrogens (primary N) is 1. The standard InChI is InChI=1S/C14H17N3O/c15-9-11-3-5-12(6-4-11)13(18)17-14(10-16)7-1-2-8-14/h3-6H,1-2,7-8,10,16H2,(H,17,18). The fourth-order valence-electron chi connectivity index (χ4n) is 2.44. The molecule has 94 valence electrons. The normalized spacial score (nSPS) is 17.1. The molecular formula is C14H17N3O. The molecule has 4 heteroatoms. The summed E-state index contributed by atoms with van der Waals surface area (Å²) in [4.78, 5) is 12.1. The molecule has 4 nitrogen and oxygen atoms in total. The third-order valence-corrected chi connectivity index (χ3v) is 3.61. The lowest BCUT2D eigenvalue weighted by Crippen LogP contribution is -2.51. The van der Waals surface area contributed by atoms with Gasteiger partial charge in [-0.1, -0.05) is 12.8 Å². The second kappa shape index (κ2) is 5.19. The number of benzene rings is 1. The van der Waals surface area contributed by atoms with Crippen LogP contribution in [0.4, 0.5) is 0 Å². The SMILES string of the molecule is N#Cc1ccc(C(=O)NC2(CN)CCCC2)cc1. The molecule has 2 rings (SSSR count). The van der Waals surface area contributed by atoms with Gasteiger partial charge in [0.15, 0.2) is 0 Å².